The molecule has 1 aromatic carbocycles. The molecule has 1 atom stereocenters. The number of hydrogen-bond acceptors (Lipinski definition) is 3. The van der Waals surface area contributed by atoms with Crippen molar-refractivity contribution in [2.45, 2.75) is 38.8 Å². The van der Waals surface area contributed by atoms with Gasteiger partial charge in [-0.05, 0) is 44.7 Å². The van der Waals surface area contributed by atoms with Gasteiger partial charge in [-0.2, -0.15) is 0 Å². The van der Waals surface area contributed by atoms with Crippen LogP contribution >= 0.6 is 0 Å². The van der Waals surface area contributed by atoms with Crippen LogP contribution in [0.3, 0.4) is 0 Å². The van der Waals surface area contributed by atoms with Crippen LogP contribution in [0.15, 0.2) is 43.0 Å². The number of hydrogen-bond donors (Lipinski definition) is 3. The number of nitrogens with zero attached hydrogens (tertiary/aromatic N) is 1. The van der Waals surface area contributed by atoms with Crippen LogP contribution < -0.4 is 16.0 Å². The van der Waals surface area contributed by atoms with Gasteiger partial charge in [0.1, 0.15) is 6.04 Å². The van der Waals surface area contributed by atoms with Crippen molar-refractivity contribution >= 4 is 17.8 Å². The number of piperidine rings is 1. The van der Waals surface area contributed by atoms with Crippen molar-refractivity contribution in [3.8, 4) is 0 Å². The molecule has 0 unspecified atom stereocenters. The van der Waals surface area contributed by atoms with E-state index in [4.69, 9.17) is 0 Å². The van der Waals surface area contributed by atoms with Gasteiger partial charge < -0.3 is 20.9 Å². The van der Waals surface area contributed by atoms with Crippen molar-refractivity contribution in [2.75, 3.05) is 19.6 Å². The molecule has 1 saturated heterocycles. The van der Waals surface area contributed by atoms with E-state index in [-0.39, 0.29) is 29.8 Å². The fraction of sp³-hybridized carbons (Fsp3) is 0.476. The van der Waals surface area contributed by atoms with Gasteiger partial charge in [0.25, 0.3) is 5.91 Å². The Morgan fingerprint density at radius 1 is 1.14 bits per heavy atom. The predicted molar refractivity (Wildman–Crippen MR) is 109 cm³/mol. The number of rotatable bonds is 7. The number of amides is 4. The van der Waals surface area contributed by atoms with E-state index in [1.807, 2.05) is 19.9 Å². The molecule has 4 amide bonds. The summed E-state index contributed by atoms with van der Waals surface area (Å²) < 4.78 is 0. The van der Waals surface area contributed by atoms with Gasteiger partial charge in [-0.25, -0.2) is 4.79 Å². The summed E-state index contributed by atoms with van der Waals surface area (Å²) in [5, 5.41) is 8.55. The molecule has 0 bridgehead atoms. The van der Waals surface area contributed by atoms with Crippen LogP contribution in [-0.2, 0) is 4.79 Å². The molecule has 7 heteroatoms. The van der Waals surface area contributed by atoms with Crippen LogP contribution in [-0.4, -0.2) is 54.5 Å². The van der Waals surface area contributed by atoms with E-state index in [1.165, 1.54) is 0 Å². The monoisotopic (exact) mass is 386 g/mol. The summed E-state index contributed by atoms with van der Waals surface area (Å²) in [4.78, 5) is 39.2. The topological polar surface area (TPSA) is 90.5 Å². The first kappa shape index (κ1) is 21.5. The summed E-state index contributed by atoms with van der Waals surface area (Å²) in [5.41, 5.74) is 0.512. The maximum atomic E-state index is 12.7. The molecular formula is C21H30N4O3. The van der Waals surface area contributed by atoms with Crippen LogP contribution in [0.5, 0.6) is 0 Å². The van der Waals surface area contributed by atoms with Gasteiger partial charge in [-0.15, -0.1) is 6.58 Å². The number of likely N-dealkylation sites (tertiary alicyclic amines) is 1. The van der Waals surface area contributed by atoms with E-state index in [0.29, 0.717) is 38.0 Å². The van der Waals surface area contributed by atoms with Crippen LogP contribution in [0.4, 0.5) is 4.79 Å². The van der Waals surface area contributed by atoms with Crippen LogP contribution in [0, 0.1) is 5.92 Å². The Morgan fingerprint density at radius 3 is 2.36 bits per heavy atom. The highest BCUT2D eigenvalue weighted by Crippen LogP contribution is 2.22. The lowest BCUT2D eigenvalue weighted by Gasteiger charge is -2.36. The molecule has 7 nitrogen and oxygen atoms in total. The van der Waals surface area contributed by atoms with Crippen LogP contribution in [0.25, 0.3) is 0 Å². The fourth-order valence-corrected chi connectivity index (χ4v) is 3.27. The van der Waals surface area contributed by atoms with Crippen molar-refractivity contribution in [3.63, 3.8) is 0 Å². The summed E-state index contributed by atoms with van der Waals surface area (Å²) in [6.45, 7) is 8.90. The molecule has 0 radical (unpaired) electrons. The van der Waals surface area contributed by atoms with Gasteiger partial charge in [0, 0.05) is 31.2 Å². The summed E-state index contributed by atoms with van der Waals surface area (Å²) in [7, 11) is 0. The van der Waals surface area contributed by atoms with Crippen LogP contribution in [0.2, 0.25) is 0 Å². The van der Waals surface area contributed by atoms with E-state index < -0.39 is 6.04 Å². The molecule has 1 aromatic rings. The van der Waals surface area contributed by atoms with Gasteiger partial charge in [0.15, 0.2) is 0 Å². The van der Waals surface area contributed by atoms with E-state index in [0.717, 1.165) is 0 Å². The molecule has 1 fully saturated rings. The minimum atomic E-state index is -0.650. The Morgan fingerprint density at radius 2 is 1.79 bits per heavy atom. The second-order valence-corrected chi connectivity index (χ2v) is 7.28. The molecule has 152 valence electrons. The molecule has 0 aromatic heterocycles. The Hall–Kier alpha value is -2.83. The second-order valence-electron chi connectivity index (χ2n) is 7.28. The van der Waals surface area contributed by atoms with E-state index in [1.54, 1.807) is 35.2 Å². The van der Waals surface area contributed by atoms with Crippen molar-refractivity contribution in [3.05, 3.63) is 48.6 Å². The average molecular weight is 386 g/mol. The summed E-state index contributed by atoms with van der Waals surface area (Å²) in [6.07, 6.45) is 2.90. The third-order valence-corrected chi connectivity index (χ3v) is 4.74. The lowest BCUT2D eigenvalue weighted by atomic mass is 9.88. The highest BCUT2D eigenvalue weighted by atomic mass is 16.2. The summed E-state index contributed by atoms with van der Waals surface area (Å²) >= 11 is 0. The van der Waals surface area contributed by atoms with Crippen molar-refractivity contribution in [2.24, 2.45) is 5.92 Å². The zero-order chi connectivity index (χ0) is 20.5. The third kappa shape index (κ3) is 6.11. The zero-order valence-corrected chi connectivity index (χ0v) is 16.6. The highest BCUT2D eigenvalue weighted by molar-refractivity contribution is 5.97. The Balaban J connectivity index is 2.03. The van der Waals surface area contributed by atoms with Gasteiger partial charge in [-0.3, -0.25) is 9.59 Å². The quantitative estimate of drug-likeness (QED) is 0.625. The smallest absolute Gasteiger partial charge is 0.317 e. The highest BCUT2D eigenvalue weighted by Gasteiger charge is 2.33. The van der Waals surface area contributed by atoms with Gasteiger partial charge in [0.05, 0.1) is 0 Å². The van der Waals surface area contributed by atoms with E-state index in [9.17, 15) is 14.4 Å². The van der Waals surface area contributed by atoms with Gasteiger partial charge in [0.2, 0.25) is 5.91 Å². The average Bonchev–Trinajstić information content (AvgIpc) is 2.70. The van der Waals surface area contributed by atoms with Gasteiger partial charge in [-0.1, -0.05) is 24.3 Å². The standard InChI is InChI=1S/C21H30N4O3/c1-4-12-22-20(27)18(24-19(26)17-8-6-5-7-9-17)16-10-13-25(14-11-16)21(28)23-15(2)3/h4-9,15-16,18H,1,10-14H2,2-3H3,(H,22,27)(H,23,28)(H,24,26)/t18-/m1/s1. The van der Waals surface area contributed by atoms with Crippen molar-refractivity contribution in [1.82, 2.24) is 20.9 Å². The molecule has 0 spiro atoms. The molecular weight excluding hydrogens is 356 g/mol. The lowest BCUT2D eigenvalue weighted by molar-refractivity contribution is -0.124. The largest absolute Gasteiger partial charge is 0.351 e. The van der Waals surface area contributed by atoms with Crippen molar-refractivity contribution in [1.29, 1.82) is 0 Å². The maximum Gasteiger partial charge on any atom is 0.317 e. The maximum absolute atomic E-state index is 12.7. The first-order chi connectivity index (χ1) is 13.4. The zero-order valence-electron chi connectivity index (χ0n) is 16.6. The summed E-state index contributed by atoms with van der Waals surface area (Å²) in [5.74, 6) is -0.547. The molecule has 28 heavy (non-hydrogen) atoms. The minimum Gasteiger partial charge on any atom is -0.351 e. The number of carbonyl (C=O) groups excluding carboxylic acids is 3. The van der Waals surface area contributed by atoms with Gasteiger partial charge >= 0.3 is 6.03 Å². The number of carbonyl (C=O) groups is 3. The SMILES string of the molecule is C=CCNC(=O)[C@H](NC(=O)c1ccccc1)C1CCN(C(=O)NC(C)C)CC1. The van der Waals surface area contributed by atoms with E-state index >= 15 is 0 Å². The Bertz CT molecular complexity index is 682. The van der Waals surface area contributed by atoms with Crippen molar-refractivity contribution < 1.29 is 14.4 Å². The normalized spacial score (nSPS) is 15.6. The number of benzene rings is 1. The second kappa shape index (κ2) is 10.5. The molecule has 0 saturated carbocycles. The number of urea groups is 1. The predicted octanol–water partition coefficient (Wildman–Crippen LogP) is 1.92. The molecule has 2 rings (SSSR count). The molecule has 1 aliphatic heterocycles. The molecule has 3 N–H and O–H groups in total. The third-order valence-electron chi connectivity index (χ3n) is 4.74. The lowest BCUT2D eigenvalue weighted by Crippen LogP contribution is -2.54. The molecule has 0 aliphatic carbocycles. The Kier molecular flexibility index (Phi) is 8.04. The first-order valence-corrected chi connectivity index (χ1v) is 9.72. The van der Waals surface area contributed by atoms with Crippen LogP contribution in [0.1, 0.15) is 37.0 Å². The molecule has 1 heterocycles. The summed E-state index contributed by atoms with van der Waals surface area (Å²) in [6, 6.07) is 8.18. The molecule has 1 aliphatic rings. The van der Waals surface area contributed by atoms with E-state index in [2.05, 4.69) is 22.5 Å². The fourth-order valence-electron chi connectivity index (χ4n) is 3.27. The minimum absolute atomic E-state index is 0.0411. The first-order valence-electron chi connectivity index (χ1n) is 9.72. The number of nitrogens with one attached hydrogen (secondary N) is 3. The Labute approximate surface area is 166 Å².